The molecule has 0 aromatic carbocycles. The molecule has 2 nitrogen and oxygen atoms in total. The van der Waals surface area contributed by atoms with E-state index in [0.29, 0.717) is 12.1 Å². The third-order valence-electron chi connectivity index (χ3n) is 1.08. The lowest BCUT2D eigenvalue weighted by Gasteiger charge is -1.92. The minimum atomic E-state index is -0.319. The average Bonchev–Trinajstić information content (AvgIpc) is 1.89. The van der Waals surface area contributed by atoms with E-state index in [2.05, 4.69) is 9.97 Å². The first-order valence-corrected chi connectivity index (χ1v) is 2.79. The van der Waals surface area contributed by atoms with Crippen LogP contribution in [0.3, 0.4) is 0 Å². The summed E-state index contributed by atoms with van der Waals surface area (Å²) in [7, 11) is 0. The first kappa shape index (κ1) is 6.13. The molecule has 0 aliphatic carbocycles. The normalized spacial score (nSPS) is 9.56. The van der Waals surface area contributed by atoms with Gasteiger partial charge in [-0.25, -0.2) is 14.4 Å². The van der Waals surface area contributed by atoms with Gasteiger partial charge >= 0.3 is 0 Å². The van der Waals surface area contributed by atoms with Gasteiger partial charge in [-0.2, -0.15) is 0 Å². The zero-order valence-corrected chi connectivity index (χ0v) is 5.13. The van der Waals surface area contributed by atoms with Crippen molar-refractivity contribution in [1.29, 1.82) is 0 Å². The van der Waals surface area contributed by atoms with Gasteiger partial charge in [-0.1, -0.05) is 6.92 Å². The molecule has 0 radical (unpaired) electrons. The maximum absolute atomic E-state index is 12.5. The molecular weight excluding hydrogens is 119 g/mol. The van der Waals surface area contributed by atoms with Crippen molar-refractivity contribution in [2.75, 3.05) is 0 Å². The van der Waals surface area contributed by atoms with E-state index >= 15 is 0 Å². The van der Waals surface area contributed by atoms with Crippen molar-refractivity contribution in [3.8, 4) is 0 Å². The van der Waals surface area contributed by atoms with Gasteiger partial charge in [0.05, 0.1) is 11.9 Å². The highest BCUT2D eigenvalue weighted by Crippen LogP contribution is 1.99. The SMILES string of the molecule is CCc1ncncc1F. The van der Waals surface area contributed by atoms with E-state index in [1.54, 1.807) is 0 Å². The molecule has 0 N–H and O–H groups in total. The maximum Gasteiger partial charge on any atom is 0.162 e. The van der Waals surface area contributed by atoms with Gasteiger partial charge in [0.25, 0.3) is 0 Å². The Balaban J connectivity index is 3.01. The Morgan fingerprint density at radius 2 is 2.44 bits per heavy atom. The van der Waals surface area contributed by atoms with Gasteiger partial charge in [0.1, 0.15) is 6.33 Å². The fourth-order valence-electron chi connectivity index (χ4n) is 0.598. The number of halogens is 1. The molecule has 48 valence electrons. The Morgan fingerprint density at radius 1 is 1.67 bits per heavy atom. The van der Waals surface area contributed by atoms with Crippen LogP contribution >= 0.6 is 0 Å². The Bertz CT molecular complexity index is 200. The van der Waals surface area contributed by atoms with E-state index < -0.39 is 0 Å². The highest BCUT2D eigenvalue weighted by atomic mass is 19.1. The Kier molecular flexibility index (Phi) is 1.72. The van der Waals surface area contributed by atoms with Crippen LogP contribution in [-0.4, -0.2) is 9.97 Å². The Hall–Kier alpha value is -0.990. The van der Waals surface area contributed by atoms with Gasteiger partial charge in [0, 0.05) is 0 Å². The van der Waals surface area contributed by atoms with Gasteiger partial charge in [0.2, 0.25) is 0 Å². The molecule has 0 unspecified atom stereocenters. The molecule has 1 aromatic rings. The summed E-state index contributed by atoms with van der Waals surface area (Å²) in [6.07, 6.45) is 3.14. The zero-order chi connectivity index (χ0) is 6.69. The molecule has 0 spiro atoms. The van der Waals surface area contributed by atoms with Crippen LogP contribution in [0.2, 0.25) is 0 Å². The highest BCUT2D eigenvalue weighted by molar-refractivity contribution is 5.00. The average molecular weight is 126 g/mol. The van der Waals surface area contributed by atoms with E-state index in [1.165, 1.54) is 12.5 Å². The van der Waals surface area contributed by atoms with Crippen molar-refractivity contribution >= 4 is 0 Å². The lowest BCUT2D eigenvalue weighted by molar-refractivity contribution is 0.593. The van der Waals surface area contributed by atoms with Crippen LogP contribution in [-0.2, 0) is 6.42 Å². The van der Waals surface area contributed by atoms with Gasteiger partial charge in [-0.3, -0.25) is 0 Å². The molecule has 0 aliphatic heterocycles. The van der Waals surface area contributed by atoms with Gasteiger partial charge < -0.3 is 0 Å². The maximum atomic E-state index is 12.5. The Morgan fingerprint density at radius 3 is 2.89 bits per heavy atom. The molecule has 1 rings (SSSR count). The molecular formula is C6H7FN2. The molecule has 1 aromatic heterocycles. The number of rotatable bonds is 1. The van der Waals surface area contributed by atoms with Crippen molar-refractivity contribution in [3.05, 3.63) is 24.0 Å². The van der Waals surface area contributed by atoms with Gasteiger partial charge in [0.15, 0.2) is 5.82 Å². The fourth-order valence-corrected chi connectivity index (χ4v) is 0.598. The summed E-state index contributed by atoms with van der Waals surface area (Å²) in [5.74, 6) is -0.319. The summed E-state index contributed by atoms with van der Waals surface area (Å²) in [6.45, 7) is 1.85. The fraction of sp³-hybridized carbons (Fsp3) is 0.333. The van der Waals surface area contributed by atoms with Crippen LogP contribution in [0.25, 0.3) is 0 Å². The number of aryl methyl sites for hydroxylation is 1. The second-order valence-electron chi connectivity index (χ2n) is 1.67. The predicted molar refractivity (Wildman–Crippen MR) is 31.4 cm³/mol. The first-order valence-electron chi connectivity index (χ1n) is 2.79. The third kappa shape index (κ3) is 1.22. The van der Waals surface area contributed by atoms with E-state index in [-0.39, 0.29) is 5.82 Å². The molecule has 0 saturated carbocycles. The smallest absolute Gasteiger partial charge is 0.162 e. The van der Waals surface area contributed by atoms with Crippen molar-refractivity contribution in [3.63, 3.8) is 0 Å². The van der Waals surface area contributed by atoms with Gasteiger partial charge in [-0.15, -0.1) is 0 Å². The quantitative estimate of drug-likeness (QED) is 0.564. The lowest BCUT2D eigenvalue weighted by atomic mass is 10.3. The summed E-state index contributed by atoms with van der Waals surface area (Å²) >= 11 is 0. The van der Waals surface area contributed by atoms with Crippen LogP contribution in [0, 0.1) is 5.82 Å². The molecule has 9 heavy (non-hydrogen) atoms. The molecule has 3 heteroatoms. The van der Waals surface area contributed by atoms with Crippen molar-refractivity contribution in [2.45, 2.75) is 13.3 Å². The number of hydrogen-bond donors (Lipinski definition) is 0. The van der Waals surface area contributed by atoms with Gasteiger partial charge in [-0.05, 0) is 6.42 Å². The van der Waals surface area contributed by atoms with Crippen LogP contribution in [0.5, 0.6) is 0 Å². The second-order valence-corrected chi connectivity index (χ2v) is 1.67. The lowest BCUT2D eigenvalue weighted by Crippen LogP contribution is -1.92. The largest absolute Gasteiger partial charge is 0.242 e. The third-order valence-corrected chi connectivity index (χ3v) is 1.08. The highest BCUT2D eigenvalue weighted by Gasteiger charge is 1.96. The van der Waals surface area contributed by atoms with Crippen LogP contribution in [0.4, 0.5) is 4.39 Å². The predicted octanol–water partition coefficient (Wildman–Crippen LogP) is 1.18. The summed E-state index contributed by atoms with van der Waals surface area (Å²) < 4.78 is 12.5. The number of aromatic nitrogens is 2. The number of hydrogen-bond acceptors (Lipinski definition) is 2. The van der Waals surface area contributed by atoms with Crippen molar-refractivity contribution < 1.29 is 4.39 Å². The molecule has 0 aliphatic rings. The van der Waals surface area contributed by atoms with E-state index in [9.17, 15) is 4.39 Å². The molecule has 0 amide bonds. The van der Waals surface area contributed by atoms with E-state index in [0.717, 1.165) is 0 Å². The zero-order valence-electron chi connectivity index (χ0n) is 5.13. The molecule has 0 saturated heterocycles. The molecule has 1 heterocycles. The topological polar surface area (TPSA) is 25.8 Å². The summed E-state index contributed by atoms with van der Waals surface area (Å²) in [6, 6.07) is 0. The monoisotopic (exact) mass is 126 g/mol. The van der Waals surface area contributed by atoms with Crippen molar-refractivity contribution in [1.82, 2.24) is 9.97 Å². The minimum absolute atomic E-state index is 0.319. The summed E-state index contributed by atoms with van der Waals surface area (Å²) in [5, 5.41) is 0. The minimum Gasteiger partial charge on any atom is -0.242 e. The second kappa shape index (κ2) is 2.53. The van der Waals surface area contributed by atoms with E-state index in [1.807, 2.05) is 6.92 Å². The summed E-state index contributed by atoms with van der Waals surface area (Å²) in [4.78, 5) is 7.22. The number of nitrogens with zero attached hydrogens (tertiary/aromatic N) is 2. The molecule has 0 atom stereocenters. The Labute approximate surface area is 52.8 Å². The van der Waals surface area contributed by atoms with Crippen LogP contribution in [0.15, 0.2) is 12.5 Å². The van der Waals surface area contributed by atoms with Crippen LogP contribution in [0.1, 0.15) is 12.6 Å². The summed E-state index contributed by atoms with van der Waals surface area (Å²) in [5.41, 5.74) is 0.477. The van der Waals surface area contributed by atoms with E-state index in [4.69, 9.17) is 0 Å². The molecule has 0 bridgehead atoms. The van der Waals surface area contributed by atoms with Crippen molar-refractivity contribution in [2.24, 2.45) is 0 Å². The molecule has 0 fully saturated rings. The standard InChI is InChI=1S/C6H7FN2/c1-2-6-5(7)3-8-4-9-6/h3-4H,2H2,1H3. The van der Waals surface area contributed by atoms with Crippen LogP contribution < -0.4 is 0 Å². The first-order chi connectivity index (χ1) is 4.34.